The van der Waals surface area contributed by atoms with Crippen LogP contribution in [0.15, 0.2) is 72.9 Å². The zero-order valence-corrected chi connectivity index (χ0v) is 22.4. The van der Waals surface area contributed by atoms with Crippen LogP contribution >= 0.6 is 0 Å². The largest absolute Gasteiger partial charge is 0.497 e. The van der Waals surface area contributed by atoms with Crippen molar-refractivity contribution in [3.63, 3.8) is 0 Å². The lowest BCUT2D eigenvalue weighted by molar-refractivity contribution is -0.192. The number of pyridine rings is 1. The molecule has 1 amide bonds. The van der Waals surface area contributed by atoms with Gasteiger partial charge >= 0.3 is 12.1 Å². The first-order valence-electron chi connectivity index (χ1n) is 12.6. The molecule has 1 aliphatic rings. The van der Waals surface area contributed by atoms with Crippen LogP contribution in [0.5, 0.6) is 5.75 Å². The number of carbonyl (C=O) groups is 2. The van der Waals surface area contributed by atoms with Crippen LogP contribution in [0.1, 0.15) is 27.8 Å². The van der Waals surface area contributed by atoms with Crippen molar-refractivity contribution < 1.29 is 32.6 Å². The second kappa shape index (κ2) is 12.8. The molecule has 41 heavy (non-hydrogen) atoms. The van der Waals surface area contributed by atoms with Crippen LogP contribution in [-0.4, -0.2) is 81.3 Å². The molecule has 2 aromatic carbocycles. The van der Waals surface area contributed by atoms with Crippen molar-refractivity contribution >= 4 is 23.2 Å². The highest BCUT2D eigenvalue weighted by atomic mass is 19.4. The topological polar surface area (TPSA) is 112 Å². The van der Waals surface area contributed by atoms with Gasteiger partial charge in [0.25, 0.3) is 5.91 Å². The lowest BCUT2D eigenvalue weighted by Crippen LogP contribution is -2.46. The number of piperazine rings is 1. The Morgan fingerprint density at radius 3 is 2.46 bits per heavy atom. The van der Waals surface area contributed by atoms with E-state index in [1.807, 2.05) is 40.9 Å². The third kappa shape index (κ3) is 7.58. The van der Waals surface area contributed by atoms with Crippen molar-refractivity contribution in [3.05, 3.63) is 89.9 Å². The number of carbonyl (C=O) groups excluding carboxylic acids is 1. The van der Waals surface area contributed by atoms with E-state index in [-0.39, 0.29) is 11.9 Å². The lowest BCUT2D eigenvalue weighted by atomic mass is 10.1. The van der Waals surface area contributed by atoms with Crippen LogP contribution in [0.25, 0.3) is 5.65 Å². The van der Waals surface area contributed by atoms with Crippen LogP contribution in [-0.2, 0) is 11.3 Å². The second-order valence-electron chi connectivity index (χ2n) is 9.41. The van der Waals surface area contributed by atoms with Crippen LogP contribution in [0.4, 0.5) is 18.9 Å². The number of nitrogens with one attached hydrogen (secondary N) is 1. The van der Waals surface area contributed by atoms with Crippen molar-refractivity contribution in [2.75, 3.05) is 39.1 Å². The summed E-state index contributed by atoms with van der Waals surface area (Å²) in [6, 6.07) is 21.5. The number of benzene rings is 2. The minimum absolute atomic E-state index is 0.0733. The molecular weight excluding hydrogens is 541 g/mol. The van der Waals surface area contributed by atoms with Crippen molar-refractivity contribution in [3.8, 4) is 5.75 Å². The van der Waals surface area contributed by atoms with Gasteiger partial charge in [0.2, 0.25) is 0 Å². The molecule has 4 aromatic rings. The predicted octanol–water partition coefficient (Wildman–Crippen LogP) is 4.11. The fourth-order valence-corrected chi connectivity index (χ4v) is 4.37. The molecule has 0 saturated carbocycles. The van der Waals surface area contributed by atoms with E-state index in [1.54, 1.807) is 19.2 Å². The van der Waals surface area contributed by atoms with Crippen molar-refractivity contribution in [2.45, 2.75) is 18.8 Å². The Hall–Kier alpha value is -4.49. The van der Waals surface area contributed by atoms with Gasteiger partial charge in [-0.05, 0) is 36.9 Å². The van der Waals surface area contributed by atoms with Gasteiger partial charge in [-0.15, -0.1) is 10.2 Å². The van der Waals surface area contributed by atoms with Gasteiger partial charge in [-0.3, -0.25) is 19.0 Å². The fourth-order valence-electron chi connectivity index (χ4n) is 4.37. The van der Waals surface area contributed by atoms with Gasteiger partial charge in [0.05, 0.1) is 18.7 Å². The summed E-state index contributed by atoms with van der Waals surface area (Å²) in [5.41, 5.74) is 3.24. The molecule has 3 heterocycles. The Kier molecular flexibility index (Phi) is 9.20. The van der Waals surface area contributed by atoms with Gasteiger partial charge in [0.15, 0.2) is 11.5 Å². The summed E-state index contributed by atoms with van der Waals surface area (Å²) in [5.74, 6) is -1.42. The van der Waals surface area contributed by atoms with E-state index in [4.69, 9.17) is 14.6 Å². The fraction of sp³-hybridized carbons (Fsp3) is 0.286. The molecule has 2 aromatic heterocycles. The number of nitrogens with zero attached hydrogens (tertiary/aromatic N) is 5. The van der Waals surface area contributed by atoms with E-state index in [0.717, 1.165) is 37.7 Å². The number of likely N-dealkylation sites (N-methyl/N-ethyl adjacent to an activating group) is 1. The molecule has 216 valence electrons. The molecule has 0 spiro atoms. The SMILES string of the molecule is COc1cccc(NC(=O)c2ccc3nnc(C4CN(Cc5ccccc5)CCN4C)n3c2)c1.O=C(O)C(F)(F)F. The molecule has 2 N–H and O–H groups in total. The van der Waals surface area contributed by atoms with E-state index in [0.29, 0.717) is 17.0 Å². The smallest absolute Gasteiger partial charge is 0.490 e. The number of carboxylic acid groups (broad SMARTS) is 1. The third-order valence-electron chi connectivity index (χ3n) is 6.54. The Labute approximate surface area is 234 Å². The Morgan fingerprint density at radius 1 is 1.05 bits per heavy atom. The highest BCUT2D eigenvalue weighted by molar-refractivity contribution is 6.04. The molecule has 10 nitrogen and oxygen atoms in total. The lowest BCUT2D eigenvalue weighted by Gasteiger charge is -2.38. The number of alkyl halides is 3. The number of halogens is 3. The monoisotopic (exact) mass is 570 g/mol. The Balaban J connectivity index is 0.000000493. The molecule has 13 heteroatoms. The second-order valence-corrected chi connectivity index (χ2v) is 9.41. The number of anilines is 1. The molecule has 5 rings (SSSR count). The number of rotatable bonds is 6. The summed E-state index contributed by atoms with van der Waals surface area (Å²) in [5, 5.41) is 18.9. The molecule has 0 aliphatic carbocycles. The standard InChI is InChI=1S/C26H28N6O2.C2HF3O2/c1-30-13-14-31(16-19-7-4-3-5-8-19)18-23(30)25-29-28-24-12-11-20(17-32(24)25)26(33)27-21-9-6-10-22(15-21)34-2;3-2(4,5)1(6)7/h3-12,15,17,23H,13-14,16,18H2,1-2H3,(H,27,33);(H,6,7). The number of fused-ring (bicyclic) bond motifs is 1. The highest BCUT2D eigenvalue weighted by Crippen LogP contribution is 2.25. The van der Waals surface area contributed by atoms with Gasteiger partial charge < -0.3 is 15.2 Å². The number of amides is 1. The summed E-state index contributed by atoms with van der Waals surface area (Å²) in [6.45, 7) is 3.66. The number of hydrogen-bond donors (Lipinski definition) is 2. The molecule has 1 fully saturated rings. The maximum atomic E-state index is 13.0. The summed E-state index contributed by atoms with van der Waals surface area (Å²) in [6.07, 6.45) is -3.26. The van der Waals surface area contributed by atoms with E-state index in [1.165, 1.54) is 5.56 Å². The quantitative estimate of drug-likeness (QED) is 0.356. The number of aromatic nitrogens is 3. The molecule has 1 saturated heterocycles. The first-order valence-corrected chi connectivity index (χ1v) is 12.6. The van der Waals surface area contributed by atoms with Crippen LogP contribution < -0.4 is 10.1 Å². The number of ether oxygens (including phenoxy) is 1. The van der Waals surface area contributed by atoms with E-state index in [9.17, 15) is 18.0 Å². The number of hydrogen-bond acceptors (Lipinski definition) is 7. The minimum Gasteiger partial charge on any atom is -0.497 e. The first kappa shape index (κ1) is 29.5. The zero-order chi connectivity index (χ0) is 29.6. The van der Waals surface area contributed by atoms with E-state index >= 15 is 0 Å². The van der Waals surface area contributed by atoms with Crippen LogP contribution in [0.2, 0.25) is 0 Å². The number of methoxy groups -OCH3 is 1. The number of aliphatic carboxylic acids is 1. The average Bonchev–Trinajstić information content (AvgIpc) is 3.38. The summed E-state index contributed by atoms with van der Waals surface area (Å²) in [7, 11) is 3.72. The molecule has 0 bridgehead atoms. The maximum absolute atomic E-state index is 13.0. The first-order chi connectivity index (χ1) is 19.5. The molecule has 1 unspecified atom stereocenters. The average molecular weight is 571 g/mol. The van der Waals surface area contributed by atoms with Gasteiger partial charge in [0.1, 0.15) is 5.75 Å². The van der Waals surface area contributed by atoms with Gasteiger partial charge in [0, 0.05) is 44.1 Å². The molecule has 1 aliphatic heterocycles. The van der Waals surface area contributed by atoms with Gasteiger partial charge in [-0.2, -0.15) is 13.2 Å². The Morgan fingerprint density at radius 2 is 1.78 bits per heavy atom. The summed E-state index contributed by atoms with van der Waals surface area (Å²) >= 11 is 0. The third-order valence-corrected chi connectivity index (χ3v) is 6.54. The van der Waals surface area contributed by atoms with E-state index < -0.39 is 12.1 Å². The van der Waals surface area contributed by atoms with Crippen molar-refractivity contribution in [2.24, 2.45) is 0 Å². The molecular formula is C28H29F3N6O4. The maximum Gasteiger partial charge on any atom is 0.490 e. The van der Waals surface area contributed by atoms with Crippen LogP contribution in [0.3, 0.4) is 0 Å². The summed E-state index contributed by atoms with van der Waals surface area (Å²) in [4.78, 5) is 26.6. The minimum atomic E-state index is -5.08. The normalized spacial score (nSPS) is 16.1. The Bertz CT molecular complexity index is 1500. The molecule has 1 atom stereocenters. The van der Waals surface area contributed by atoms with Crippen LogP contribution in [0, 0.1) is 0 Å². The predicted molar refractivity (Wildman–Crippen MR) is 145 cm³/mol. The van der Waals surface area contributed by atoms with Crippen molar-refractivity contribution in [1.29, 1.82) is 0 Å². The molecule has 0 radical (unpaired) electrons. The highest BCUT2D eigenvalue weighted by Gasteiger charge is 2.38. The summed E-state index contributed by atoms with van der Waals surface area (Å²) < 4.78 is 38.9. The zero-order valence-electron chi connectivity index (χ0n) is 22.4. The number of carboxylic acids is 1. The van der Waals surface area contributed by atoms with E-state index in [2.05, 4.69) is 56.6 Å². The van der Waals surface area contributed by atoms with Gasteiger partial charge in [-0.25, -0.2) is 4.79 Å². The van der Waals surface area contributed by atoms with Gasteiger partial charge in [-0.1, -0.05) is 36.4 Å². The van der Waals surface area contributed by atoms with Crippen molar-refractivity contribution in [1.82, 2.24) is 24.4 Å².